The zero-order chi connectivity index (χ0) is 12.1. The fourth-order valence-electron chi connectivity index (χ4n) is 1.55. The van der Waals surface area contributed by atoms with Crippen LogP contribution in [-0.4, -0.2) is 11.0 Å². The molecule has 0 aliphatic heterocycles. The molecule has 1 unspecified atom stereocenters. The molecular formula is C12H16N2O2. The Labute approximate surface area is 95.1 Å². The summed E-state index contributed by atoms with van der Waals surface area (Å²) < 4.78 is 0. The van der Waals surface area contributed by atoms with E-state index < -0.39 is 0 Å². The lowest BCUT2D eigenvalue weighted by atomic mass is 10.1. The number of aryl methyl sites for hydroxylation is 1. The molecule has 1 aromatic rings. The third-order valence-electron chi connectivity index (χ3n) is 2.21. The maximum Gasteiger partial charge on any atom is 0.271 e. The van der Waals surface area contributed by atoms with Crippen LogP contribution in [0.3, 0.4) is 0 Å². The summed E-state index contributed by atoms with van der Waals surface area (Å²) in [6.45, 7) is 7.51. The molecule has 0 heterocycles. The molecule has 1 N–H and O–H groups in total. The normalized spacial score (nSPS) is 11.9. The summed E-state index contributed by atoms with van der Waals surface area (Å²) in [5.41, 5.74) is 1.77. The number of anilines is 1. The molecule has 0 aliphatic rings. The minimum Gasteiger partial charge on any atom is -0.382 e. The Morgan fingerprint density at radius 1 is 1.56 bits per heavy atom. The first-order valence-electron chi connectivity index (χ1n) is 5.16. The van der Waals surface area contributed by atoms with Crippen molar-refractivity contribution in [1.29, 1.82) is 0 Å². The summed E-state index contributed by atoms with van der Waals surface area (Å²) in [6, 6.07) is 5.22. The molecule has 0 aromatic heterocycles. The second kappa shape index (κ2) is 5.30. The predicted octanol–water partition coefficient (Wildman–Crippen LogP) is 3.28. The SMILES string of the molecule is C=CCC(C)Nc1cc(C)cc([N+](=O)[O-])c1. The van der Waals surface area contributed by atoms with Crippen molar-refractivity contribution in [3.8, 4) is 0 Å². The Hall–Kier alpha value is -1.84. The number of hydrogen-bond donors (Lipinski definition) is 1. The number of nitrogens with one attached hydrogen (secondary N) is 1. The van der Waals surface area contributed by atoms with Crippen LogP contribution in [0.5, 0.6) is 0 Å². The molecule has 1 aromatic carbocycles. The Kier molecular flexibility index (Phi) is 4.05. The highest BCUT2D eigenvalue weighted by atomic mass is 16.6. The monoisotopic (exact) mass is 220 g/mol. The van der Waals surface area contributed by atoms with Crippen LogP contribution in [0.1, 0.15) is 18.9 Å². The summed E-state index contributed by atoms with van der Waals surface area (Å²) in [7, 11) is 0. The number of non-ortho nitro benzene ring substituents is 1. The van der Waals surface area contributed by atoms with Gasteiger partial charge in [-0.3, -0.25) is 10.1 Å². The van der Waals surface area contributed by atoms with E-state index in [0.29, 0.717) is 0 Å². The number of rotatable bonds is 5. The van der Waals surface area contributed by atoms with Crippen LogP contribution in [0, 0.1) is 17.0 Å². The molecule has 0 aliphatic carbocycles. The molecule has 4 heteroatoms. The first kappa shape index (κ1) is 12.2. The van der Waals surface area contributed by atoms with Gasteiger partial charge in [-0.2, -0.15) is 0 Å². The minimum absolute atomic E-state index is 0.119. The summed E-state index contributed by atoms with van der Waals surface area (Å²) in [5.74, 6) is 0. The van der Waals surface area contributed by atoms with E-state index in [2.05, 4.69) is 11.9 Å². The van der Waals surface area contributed by atoms with Gasteiger partial charge in [0.05, 0.1) is 4.92 Å². The maximum absolute atomic E-state index is 10.7. The highest BCUT2D eigenvalue weighted by Crippen LogP contribution is 2.21. The fraction of sp³-hybridized carbons (Fsp3) is 0.333. The van der Waals surface area contributed by atoms with Crippen molar-refractivity contribution in [3.05, 3.63) is 46.5 Å². The first-order valence-corrected chi connectivity index (χ1v) is 5.16. The van der Waals surface area contributed by atoms with Crippen molar-refractivity contribution >= 4 is 11.4 Å². The number of hydrogen-bond acceptors (Lipinski definition) is 3. The molecule has 0 saturated heterocycles. The van der Waals surface area contributed by atoms with E-state index in [1.54, 1.807) is 12.1 Å². The molecule has 1 atom stereocenters. The molecule has 0 radical (unpaired) electrons. The number of nitro benzene ring substituents is 1. The lowest BCUT2D eigenvalue weighted by Gasteiger charge is -2.13. The summed E-state index contributed by atoms with van der Waals surface area (Å²) >= 11 is 0. The Morgan fingerprint density at radius 3 is 2.81 bits per heavy atom. The van der Waals surface area contributed by atoms with Gasteiger partial charge in [-0.25, -0.2) is 0 Å². The Balaban J connectivity index is 2.87. The molecule has 0 amide bonds. The van der Waals surface area contributed by atoms with Gasteiger partial charge >= 0.3 is 0 Å². The molecule has 0 spiro atoms. The Bertz CT molecular complexity index is 402. The largest absolute Gasteiger partial charge is 0.382 e. The van der Waals surface area contributed by atoms with Gasteiger partial charge in [-0.1, -0.05) is 6.08 Å². The zero-order valence-electron chi connectivity index (χ0n) is 9.56. The molecule has 1 rings (SSSR count). The zero-order valence-corrected chi connectivity index (χ0v) is 9.56. The maximum atomic E-state index is 10.7. The van der Waals surface area contributed by atoms with Crippen LogP contribution in [0.4, 0.5) is 11.4 Å². The van der Waals surface area contributed by atoms with Gasteiger partial charge in [0.1, 0.15) is 0 Å². The van der Waals surface area contributed by atoms with Crippen LogP contribution in [-0.2, 0) is 0 Å². The standard InChI is InChI=1S/C12H16N2O2/c1-4-5-10(3)13-11-6-9(2)7-12(8-11)14(15)16/h4,6-8,10,13H,1,5H2,2-3H3. The van der Waals surface area contributed by atoms with E-state index in [9.17, 15) is 10.1 Å². The van der Waals surface area contributed by atoms with Crippen LogP contribution in [0.25, 0.3) is 0 Å². The van der Waals surface area contributed by atoms with Crippen molar-refractivity contribution in [2.45, 2.75) is 26.3 Å². The Morgan fingerprint density at radius 2 is 2.25 bits per heavy atom. The van der Waals surface area contributed by atoms with Gasteiger partial charge < -0.3 is 5.32 Å². The third-order valence-corrected chi connectivity index (χ3v) is 2.21. The summed E-state index contributed by atoms with van der Waals surface area (Å²) in [5, 5.41) is 13.9. The van der Waals surface area contributed by atoms with Gasteiger partial charge in [-0.05, 0) is 31.9 Å². The van der Waals surface area contributed by atoms with Crippen LogP contribution < -0.4 is 5.32 Å². The average Bonchev–Trinajstić information content (AvgIpc) is 2.16. The van der Waals surface area contributed by atoms with Gasteiger partial charge in [0, 0.05) is 23.9 Å². The molecular weight excluding hydrogens is 204 g/mol. The number of nitro groups is 1. The van der Waals surface area contributed by atoms with Crippen LogP contribution >= 0.6 is 0 Å². The van der Waals surface area contributed by atoms with Crippen molar-refractivity contribution in [2.24, 2.45) is 0 Å². The molecule has 86 valence electrons. The molecule has 16 heavy (non-hydrogen) atoms. The van der Waals surface area contributed by atoms with E-state index in [0.717, 1.165) is 17.7 Å². The lowest BCUT2D eigenvalue weighted by Crippen LogP contribution is -2.13. The summed E-state index contributed by atoms with van der Waals surface area (Å²) in [4.78, 5) is 10.3. The van der Waals surface area contributed by atoms with E-state index in [1.807, 2.05) is 26.0 Å². The molecule has 0 bridgehead atoms. The molecule has 0 saturated carbocycles. The smallest absolute Gasteiger partial charge is 0.271 e. The van der Waals surface area contributed by atoms with E-state index in [4.69, 9.17) is 0 Å². The van der Waals surface area contributed by atoms with Crippen molar-refractivity contribution in [2.75, 3.05) is 5.32 Å². The van der Waals surface area contributed by atoms with E-state index >= 15 is 0 Å². The lowest BCUT2D eigenvalue weighted by molar-refractivity contribution is -0.384. The highest BCUT2D eigenvalue weighted by Gasteiger charge is 2.09. The van der Waals surface area contributed by atoms with Crippen molar-refractivity contribution < 1.29 is 4.92 Å². The van der Waals surface area contributed by atoms with Crippen LogP contribution in [0.15, 0.2) is 30.9 Å². The van der Waals surface area contributed by atoms with Gasteiger partial charge in [0.2, 0.25) is 0 Å². The first-order chi connectivity index (χ1) is 7.52. The predicted molar refractivity (Wildman–Crippen MR) is 65.7 cm³/mol. The van der Waals surface area contributed by atoms with Crippen molar-refractivity contribution in [3.63, 3.8) is 0 Å². The molecule has 4 nitrogen and oxygen atoms in total. The summed E-state index contributed by atoms with van der Waals surface area (Å²) in [6.07, 6.45) is 2.64. The van der Waals surface area contributed by atoms with Gasteiger partial charge in [0.25, 0.3) is 5.69 Å². The second-order valence-electron chi connectivity index (χ2n) is 3.88. The number of benzene rings is 1. The third kappa shape index (κ3) is 3.38. The van der Waals surface area contributed by atoms with Gasteiger partial charge in [0.15, 0.2) is 0 Å². The quantitative estimate of drug-likeness (QED) is 0.470. The number of nitrogens with zero attached hydrogens (tertiary/aromatic N) is 1. The minimum atomic E-state index is -0.379. The van der Waals surface area contributed by atoms with Crippen molar-refractivity contribution in [1.82, 2.24) is 0 Å². The fourth-order valence-corrected chi connectivity index (χ4v) is 1.55. The molecule has 0 fully saturated rings. The topological polar surface area (TPSA) is 55.2 Å². The van der Waals surface area contributed by atoms with E-state index in [-0.39, 0.29) is 16.7 Å². The average molecular weight is 220 g/mol. The van der Waals surface area contributed by atoms with E-state index in [1.165, 1.54) is 0 Å². The second-order valence-corrected chi connectivity index (χ2v) is 3.88. The van der Waals surface area contributed by atoms with Gasteiger partial charge in [-0.15, -0.1) is 6.58 Å². The van der Waals surface area contributed by atoms with Crippen LogP contribution in [0.2, 0.25) is 0 Å². The highest BCUT2D eigenvalue weighted by molar-refractivity contribution is 5.54.